The van der Waals surface area contributed by atoms with Crippen molar-refractivity contribution in [1.29, 1.82) is 0 Å². The minimum absolute atomic E-state index is 0.288. The molecule has 5 nitrogen and oxygen atoms in total. The molecule has 2 rings (SSSR count). The molecule has 0 spiro atoms. The number of nitro groups is 1. The summed E-state index contributed by atoms with van der Waals surface area (Å²) in [6.45, 7) is 0. The van der Waals surface area contributed by atoms with Crippen molar-refractivity contribution in [2.24, 2.45) is 0 Å². The Bertz CT molecular complexity index is 551. The van der Waals surface area contributed by atoms with E-state index >= 15 is 0 Å². The van der Waals surface area contributed by atoms with E-state index in [0.717, 1.165) is 17.8 Å². The second-order valence-electron chi connectivity index (χ2n) is 3.04. The number of aromatic nitrogens is 2. The predicted octanol–water partition coefficient (Wildman–Crippen LogP) is 2.68. The molecule has 17 heavy (non-hydrogen) atoms. The van der Waals surface area contributed by atoms with E-state index in [9.17, 15) is 14.5 Å². The average molecular weight is 251 g/mol. The van der Waals surface area contributed by atoms with Crippen molar-refractivity contribution in [3.8, 4) is 0 Å². The molecule has 2 aromatic rings. The van der Waals surface area contributed by atoms with Crippen molar-refractivity contribution in [1.82, 2.24) is 9.97 Å². The van der Waals surface area contributed by atoms with Crippen LogP contribution in [0.2, 0.25) is 0 Å². The second-order valence-corrected chi connectivity index (χ2v) is 4.08. The van der Waals surface area contributed by atoms with Gasteiger partial charge >= 0.3 is 0 Å². The molecular weight excluding hydrogens is 245 g/mol. The van der Waals surface area contributed by atoms with Crippen molar-refractivity contribution < 1.29 is 9.31 Å². The summed E-state index contributed by atoms with van der Waals surface area (Å²) >= 11 is 1.07. The standard InChI is InChI=1S/C10H6FN3O2S/c11-7-4-8(14(15)16)6-9(5-7)17-10-12-2-1-3-13-10/h1-6H. The van der Waals surface area contributed by atoms with E-state index in [0.29, 0.717) is 10.1 Å². The minimum Gasteiger partial charge on any atom is -0.258 e. The van der Waals surface area contributed by atoms with Crippen LogP contribution in [-0.4, -0.2) is 14.9 Å². The number of rotatable bonds is 3. The molecule has 0 aliphatic rings. The Morgan fingerprint density at radius 3 is 2.59 bits per heavy atom. The Kier molecular flexibility index (Phi) is 3.29. The van der Waals surface area contributed by atoms with Crippen LogP contribution < -0.4 is 0 Å². The monoisotopic (exact) mass is 251 g/mol. The first-order valence-electron chi connectivity index (χ1n) is 4.55. The number of halogens is 1. The lowest BCUT2D eigenvalue weighted by atomic mass is 10.3. The number of nitrogens with zero attached hydrogens (tertiary/aromatic N) is 3. The normalized spacial score (nSPS) is 10.2. The smallest absolute Gasteiger partial charge is 0.258 e. The van der Waals surface area contributed by atoms with Gasteiger partial charge < -0.3 is 0 Å². The van der Waals surface area contributed by atoms with Gasteiger partial charge in [0.05, 0.1) is 11.0 Å². The molecule has 0 aliphatic heterocycles. The summed E-state index contributed by atoms with van der Waals surface area (Å²) < 4.78 is 13.1. The van der Waals surface area contributed by atoms with Crippen LogP contribution in [0.15, 0.2) is 46.7 Å². The van der Waals surface area contributed by atoms with E-state index in [1.54, 1.807) is 18.5 Å². The van der Waals surface area contributed by atoms with Gasteiger partial charge in [0.15, 0.2) is 5.16 Å². The van der Waals surface area contributed by atoms with Crippen molar-refractivity contribution in [2.75, 3.05) is 0 Å². The van der Waals surface area contributed by atoms with Crippen LogP contribution >= 0.6 is 11.8 Å². The first-order valence-corrected chi connectivity index (χ1v) is 5.36. The molecular formula is C10H6FN3O2S. The molecule has 0 bridgehead atoms. The summed E-state index contributed by atoms with van der Waals surface area (Å²) in [7, 11) is 0. The highest BCUT2D eigenvalue weighted by molar-refractivity contribution is 7.99. The van der Waals surface area contributed by atoms with Crippen molar-refractivity contribution in [3.63, 3.8) is 0 Å². The number of hydrogen-bond donors (Lipinski definition) is 0. The van der Waals surface area contributed by atoms with Gasteiger partial charge in [-0.1, -0.05) is 0 Å². The fourth-order valence-corrected chi connectivity index (χ4v) is 1.94. The summed E-state index contributed by atoms with van der Waals surface area (Å²) in [5.41, 5.74) is -0.288. The van der Waals surface area contributed by atoms with Crippen LogP contribution in [-0.2, 0) is 0 Å². The van der Waals surface area contributed by atoms with Crippen LogP contribution in [0.1, 0.15) is 0 Å². The molecule has 0 unspecified atom stereocenters. The third kappa shape index (κ3) is 2.97. The van der Waals surface area contributed by atoms with Crippen LogP contribution in [0.4, 0.5) is 10.1 Å². The molecule has 0 aliphatic carbocycles. The van der Waals surface area contributed by atoms with Crippen LogP contribution in [0.5, 0.6) is 0 Å². The molecule has 1 aromatic heterocycles. The van der Waals surface area contributed by atoms with Gasteiger partial charge in [0, 0.05) is 23.4 Å². The van der Waals surface area contributed by atoms with Gasteiger partial charge in [-0.3, -0.25) is 10.1 Å². The molecule has 0 radical (unpaired) electrons. The summed E-state index contributed by atoms with van der Waals surface area (Å²) in [4.78, 5) is 18.2. The molecule has 86 valence electrons. The average Bonchev–Trinajstić information content (AvgIpc) is 2.29. The van der Waals surface area contributed by atoms with Gasteiger partial charge in [0.2, 0.25) is 0 Å². The topological polar surface area (TPSA) is 68.9 Å². The Hall–Kier alpha value is -2.02. The molecule has 1 aromatic carbocycles. The van der Waals surface area contributed by atoms with E-state index in [2.05, 4.69) is 9.97 Å². The van der Waals surface area contributed by atoms with E-state index in [1.165, 1.54) is 12.1 Å². The summed E-state index contributed by atoms with van der Waals surface area (Å²) in [6, 6.07) is 5.01. The van der Waals surface area contributed by atoms with Crippen LogP contribution in [0.3, 0.4) is 0 Å². The van der Waals surface area contributed by atoms with Gasteiger partial charge in [0.25, 0.3) is 5.69 Å². The van der Waals surface area contributed by atoms with E-state index in [4.69, 9.17) is 0 Å². The third-order valence-corrected chi connectivity index (χ3v) is 2.68. The second kappa shape index (κ2) is 4.88. The zero-order chi connectivity index (χ0) is 12.3. The predicted molar refractivity (Wildman–Crippen MR) is 59.2 cm³/mol. The zero-order valence-corrected chi connectivity index (χ0v) is 9.22. The van der Waals surface area contributed by atoms with Crippen LogP contribution in [0.25, 0.3) is 0 Å². The van der Waals surface area contributed by atoms with E-state index < -0.39 is 10.7 Å². The summed E-state index contributed by atoms with van der Waals surface area (Å²) in [5, 5.41) is 11.0. The first-order chi connectivity index (χ1) is 8.15. The largest absolute Gasteiger partial charge is 0.273 e. The maximum absolute atomic E-state index is 13.1. The molecule has 0 fully saturated rings. The molecule has 0 N–H and O–H groups in total. The minimum atomic E-state index is -0.655. The Labute approximate surface area is 99.9 Å². The maximum Gasteiger partial charge on any atom is 0.273 e. The maximum atomic E-state index is 13.1. The molecule has 0 atom stereocenters. The Balaban J connectivity index is 2.30. The summed E-state index contributed by atoms with van der Waals surface area (Å²) in [6.07, 6.45) is 3.09. The number of benzene rings is 1. The van der Waals surface area contributed by atoms with Gasteiger partial charge in [0.1, 0.15) is 5.82 Å². The summed E-state index contributed by atoms with van der Waals surface area (Å²) in [5.74, 6) is -0.655. The molecule has 0 saturated heterocycles. The van der Waals surface area contributed by atoms with Crippen molar-refractivity contribution in [2.45, 2.75) is 10.1 Å². The fourth-order valence-electron chi connectivity index (χ4n) is 1.16. The first kappa shape index (κ1) is 11.5. The lowest BCUT2D eigenvalue weighted by Crippen LogP contribution is -1.90. The quantitative estimate of drug-likeness (QED) is 0.476. The molecule has 1 heterocycles. The lowest BCUT2D eigenvalue weighted by Gasteiger charge is -2.00. The Morgan fingerprint density at radius 2 is 1.94 bits per heavy atom. The number of hydrogen-bond acceptors (Lipinski definition) is 5. The van der Waals surface area contributed by atoms with E-state index in [-0.39, 0.29) is 5.69 Å². The zero-order valence-electron chi connectivity index (χ0n) is 8.41. The molecule has 7 heteroatoms. The highest BCUT2D eigenvalue weighted by Gasteiger charge is 2.11. The third-order valence-electron chi connectivity index (χ3n) is 1.82. The highest BCUT2D eigenvalue weighted by Crippen LogP contribution is 2.28. The number of non-ortho nitro benzene ring substituents is 1. The van der Waals surface area contributed by atoms with Crippen LogP contribution in [0, 0.1) is 15.9 Å². The van der Waals surface area contributed by atoms with Gasteiger partial charge in [-0.2, -0.15) is 0 Å². The van der Waals surface area contributed by atoms with Crippen molar-refractivity contribution >= 4 is 17.4 Å². The van der Waals surface area contributed by atoms with E-state index in [1.807, 2.05) is 0 Å². The SMILES string of the molecule is O=[N+]([O-])c1cc(F)cc(Sc2ncccn2)c1. The van der Waals surface area contributed by atoms with Gasteiger partial charge in [-0.25, -0.2) is 14.4 Å². The Morgan fingerprint density at radius 1 is 1.24 bits per heavy atom. The molecule has 0 saturated carbocycles. The molecule has 0 amide bonds. The lowest BCUT2D eigenvalue weighted by molar-refractivity contribution is -0.385. The van der Waals surface area contributed by atoms with Crippen molar-refractivity contribution in [3.05, 3.63) is 52.6 Å². The fraction of sp³-hybridized carbons (Fsp3) is 0. The number of nitro benzene ring substituents is 1. The highest BCUT2D eigenvalue weighted by atomic mass is 32.2. The van der Waals surface area contributed by atoms with Gasteiger partial charge in [-0.05, 0) is 23.9 Å². The van der Waals surface area contributed by atoms with Gasteiger partial charge in [-0.15, -0.1) is 0 Å².